The first-order valence-corrected chi connectivity index (χ1v) is 21.0. The van der Waals surface area contributed by atoms with Gasteiger partial charge >= 0.3 is 0 Å². The Hall–Kier alpha value is -6.35. The van der Waals surface area contributed by atoms with Crippen molar-refractivity contribution in [2.24, 2.45) is 5.41 Å². The van der Waals surface area contributed by atoms with Crippen molar-refractivity contribution in [1.29, 1.82) is 0 Å². The maximum Gasteiger partial charge on any atom is 0.148 e. The first kappa shape index (κ1) is 42.3. The van der Waals surface area contributed by atoms with Crippen LogP contribution in [0.4, 0.5) is 0 Å². The molecule has 0 amide bonds. The van der Waals surface area contributed by atoms with E-state index in [2.05, 4.69) is 192 Å². The zero-order valence-electron chi connectivity index (χ0n) is 36.3. The van der Waals surface area contributed by atoms with Gasteiger partial charge in [0.1, 0.15) is 11.6 Å². The summed E-state index contributed by atoms with van der Waals surface area (Å²) in [7, 11) is 0. The van der Waals surface area contributed by atoms with E-state index in [-0.39, 0.29) is 37.6 Å². The van der Waals surface area contributed by atoms with Gasteiger partial charge in [-0.3, -0.25) is 9.55 Å². The number of hydrogen-bond acceptors (Lipinski definition) is 3. The van der Waals surface area contributed by atoms with Gasteiger partial charge in [-0.1, -0.05) is 173 Å². The zero-order chi connectivity index (χ0) is 42.5. The summed E-state index contributed by atoms with van der Waals surface area (Å²) in [5.41, 5.74) is 16.6. The number of hydrogen-bond donors (Lipinski definition) is 1. The molecule has 9 aromatic rings. The van der Waals surface area contributed by atoms with Crippen LogP contribution in [0.25, 0.3) is 83.9 Å². The monoisotopic (exact) mass is 987 g/mol. The fourth-order valence-corrected chi connectivity index (χ4v) is 8.31. The quantitative estimate of drug-likeness (QED) is 0.154. The van der Waals surface area contributed by atoms with Crippen LogP contribution in [-0.4, -0.2) is 19.6 Å². The van der Waals surface area contributed by atoms with Gasteiger partial charge in [0, 0.05) is 38.5 Å². The number of aromatic nitrogens is 3. The van der Waals surface area contributed by atoms with Crippen LogP contribution in [-0.2, 0) is 26.5 Å². The van der Waals surface area contributed by atoms with Crippen molar-refractivity contribution in [2.75, 3.05) is 0 Å². The molecule has 0 bridgehead atoms. The number of aromatic hydroxyl groups is 1. The third-order valence-corrected chi connectivity index (χ3v) is 12.7. The molecule has 310 valence electrons. The predicted molar refractivity (Wildman–Crippen MR) is 254 cm³/mol. The fourth-order valence-electron chi connectivity index (χ4n) is 8.31. The summed E-state index contributed by atoms with van der Waals surface area (Å²) in [4.78, 5) is 10.4. The molecule has 0 radical (unpaired) electrons. The van der Waals surface area contributed by atoms with E-state index in [1.54, 1.807) is 0 Å². The molecule has 1 N–H and O–H groups in total. The molecule has 2 aromatic heterocycles. The molecule has 0 aliphatic carbocycles. The van der Waals surface area contributed by atoms with Crippen LogP contribution < -0.4 is 0 Å². The number of imidazole rings is 1. The van der Waals surface area contributed by atoms with E-state index in [4.69, 9.17) is 9.97 Å². The summed E-state index contributed by atoms with van der Waals surface area (Å²) >= 11 is 0. The molecule has 5 heteroatoms. The van der Waals surface area contributed by atoms with Crippen molar-refractivity contribution in [3.05, 3.63) is 193 Å². The molecule has 0 unspecified atom stereocenters. The molecule has 4 nitrogen and oxygen atoms in total. The molecule has 9 rings (SSSR count). The molecule has 0 saturated heterocycles. The van der Waals surface area contributed by atoms with Crippen LogP contribution in [0.3, 0.4) is 0 Å². The number of phenols is 1. The van der Waals surface area contributed by atoms with Crippen molar-refractivity contribution in [2.45, 2.75) is 53.9 Å². The van der Waals surface area contributed by atoms with Crippen molar-refractivity contribution in [1.82, 2.24) is 14.5 Å². The molecule has 0 saturated carbocycles. The van der Waals surface area contributed by atoms with Gasteiger partial charge in [-0.05, 0) is 94.0 Å². The van der Waals surface area contributed by atoms with Gasteiger partial charge in [0.25, 0.3) is 0 Å². The number of pyridine rings is 1. The van der Waals surface area contributed by atoms with Crippen molar-refractivity contribution in [3.63, 3.8) is 0 Å². The number of nitrogens with zero attached hydrogens (tertiary/aromatic N) is 3. The first-order chi connectivity index (χ1) is 29.4. The Bertz CT molecular complexity index is 3050. The van der Waals surface area contributed by atoms with E-state index in [1.165, 1.54) is 5.56 Å². The van der Waals surface area contributed by atoms with Crippen molar-refractivity contribution >= 4 is 11.0 Å². The molecule has 0 fully saturated rings. The SMILES string of the molecule is Cc1cc(C)c(O)c(-c2nc3c(-c4[c-]c(-c5cc(-c6ccccc6)ccn5)cc(-c5ccccc5)c4)cccc3n2-c2ccc(C(C)(C)C(C)(C)C)cc2-c2ccccc2)c1.[Pt]. The van der Waals surface area contributed by atoms with Gasteiger partial charge < -0.3 is 5.11 Å². The summed E-state index contributed by atoms with van der Waals surface area (Å²) in [5, 5.41) is 11.8. The minimum absolute atomic E-state index is 0. The van der Waals surface area contributed by atoms with Gasteiger partial charge in [-0.2, -0.15) is 0 Å². The third-order valence-electron chi connectivity index (χ3n) is 12.7. The van der Waals surface area contributed by atoms with E-state index >= 15 is 0 Å². The molecule has 62 heavy (non-hydrogen) atoms. The van der Waals surface area contributed by atoms with E-state index in [0.29, 0.717) is 11.4 Å². The molecule has 0 aliphatic heterocycles. The van der Waals surface area contributed by atoms with E-state index in [1.807, 2.05) is 37.4 Å². The van der Waals surface area contributed by atoms with Gasteiger partial charge in [-0.15, -0.1) is 23.8 Å². The van der Waals surface area contributed by atoms with Crippen LogP contribution in [0.5, 0.6) is 5.75 Å². The molecular formula is C57H50N3OPt-. The van der Waals surface area contributed by atoms with Gasteiger partial charge in [0.2, 0.25) is 0 Å². The average Bonchev–Trinajstić information content (AvgIpc) is 3.67. The number of phenolic OH excluding ortho intramolecular Hbond substituents is 1. The number of aryl methyl sites for hydroxylation is 2. The summed E-state index contributed by atoms with van der Waals surface area (Å²) < 4.78 is 2.25. The van der Waals surface area contributed by atoms with E-state index in [9.17, 15) is 5.11 Å². The summed E-state index contributed by atoms with van der Waals surface area (Å²) in [6, 6.07) is 61.2. The van der Waals surface area contributed by atoms with Crippen LogP contribution in [0.15, 0.2) is 170 Å². The van der Waals surface area contributed by atoms with Gasteiger partial charge in [0.05, 0.1) is 22.3 Å². The number of para-hydroxylation sites is 1. The second kappa shape index (κ2) is 16.8. The third kappa shape index (κ3) is 7.85. The zero-order valence-corrected chi connectivity index (χ0v) is 38.5. The van der Waals surface area contributed by atoms with Gasteiger partial charge in [0.15, 0.2) is 0 Å². The maximum atomic E-state index is 11.8. The Morgan fingerprint density at radius 1 is 0.548 bits per heavy atom. The largest absolute Gasteiger partial charge is 0.507 e. The normalized spacial score (nSPS) is 11.7. The molecule has 0 atom stereocenters. The van der Waals surface area contributed by atoms with E-state index in [0.717, 1.165) is 83.6 Å². The molecule has 0 spiro atoms. The second-order valence-corrected chi connectivity index (χ2v) is 17.8. The number of rotatable bonds is 8. The smallest absolute Gasteiger partial charge is 0.148 e. The molecule has 7 aromatic carbocycles. The Kier molecular flexibility index (Phi) is 11.5. The molecule has 0 aliphatic rings. The Labute approximate surface area is 380 Å². The van der Waals surface area contributed by atoms with Crippen molar-refractivity contribution in [3.8, 4) is 78.6 Å². The second-order valence-electron chi connectivity index (χ2n) is 17.8. The van der Waals surface area contributed by atoms with Crippen LogP contribution in [0, 0.1) is 25.3 Å². The summed E-state index contributed by atoms with van der Waals surface area (Å²) in [5.74, 6) is 0.892. The minimum atomic E-state index is -0.124. The van der Waals surface area contributed by atoms with Crippen molar-refractivity contribution < 1.29 is 26.2 Å². The summed E-state index contributed by atoms with van der Waals surface area (Å²) in [6.45, 7) is 15.6. The fraction of sp³-hybridized carbons (Fsp3) is 0.158. The standard InChI is InChI=1S/C57H50N3O.Pt/c1-37-30-38(2)54(61)49(31-37)55-59-53-47(24-17-25-52(53)60(55)51-27-26-46(57(6,7)56(3,4)5)36-48(51)41-22-15-10-16-23-41)44-32-43(40-20-13-9-14-21-40)33-45(34-44)50-35-42(28-29-58-50)39-18-11-8-12-19-39;/h8-33,35-36,61H,1-7H3;/q-1;. The first-order valence-electron chi connectivity index (χ1n) is 21.0. The van der Waals surface area contributed by atoms with E-state index < -0.39 is 0 Å². The Morgan fingerprint density at radius 2 is 1.18 bits per heavy atom. The average molecular weight is 988 g/mol. The molecular weight excluding hydrogens is 938 g/mol. The van der Waals surface area contributed by atoms with Crippen LogP contribution >= 0.6 is 0 Å². The number of benzene rings is 7. The van der Waals surface area contributed by atoms with Crippen LogP contribution in [0.1, 0.15) is 51.3 Å². The number of fused-ring (bicyclic) bond motifs is 1. The maximum absolute atomic E-state index is 11.8. The molecule has 2 heterocycles. The summed E-state index contributed by atoms with van der Waals surface area (Å²) in [6.07, 6.45) is 1.88. The predicted octanol–water partition coefficient (Wildman–Crippen LogP) is 14.9. The minimum Gasteiger partial charge on any atom is -0.507 e. The van der Waals surface area contributed by atoms with Gasteiger partial charge in [-0.25, -0.2) is 4.98 Å². The van der Waals surface area contributed by atoms with Crippen LogP contribution in [0.2, 0.25) is 0 Å². The Balaban J connectivity index is 0.00000529. The Morgan fingerprint density at radius 3 is 1.84 bits per heavy atom. The topological polar surface area (TPSA) is 50.9 Å².